The van der Waals surface area contributed by atoms with Crippen molar-refractivity contribution >= 4 is 24.0 Å². The highest BCUT2D eigenvalue weighted by Gasteiger charge is 2.18. The number of carbonyl (C=O) groups is 1. The summed E-state index contributed by atoms with van der Waals surface area (Å²) in [4.78, 5) is 12.1. The van der Waals surface area contributed by atoms with Gasteiger partial charge in [-0.3, -0.25) is 4.79 Å². The zero-order valence-corrected chi connectivity index (χ0v) is 16.0. The van der Waals surface area contributed by atoms with Crippen LogP contribution in [-0.2, 0) is 4.79 Å². The van der Waals surface area contributed by atoms with Crippen molar-refractivity contribution in [2.75, 3.05) is 5.32 Å². The Kier molecular flexibility index (Phi) is 7.94. The first-order valence-electron chi connectivity index (χ1n) is 8.27. The van der Waals surface area contributed by atoms with E-state index in [1.165, 1.54) is 0 Å². The van der Waals surface area contributed by atoms with Crippen LogP contribution in [0.25, 0.3) is 0 Å². The van der Waals surface area contributed by atoms with E-state index in [1.807, 2.05) is 76.2 Å². The van der Waals surface area contributed by atoms with E-state index < -0.39 is 0 Å². The van der Waals surface area contributed by atoms with E-state index in [4.69, 9.17) is 10.5 Å². The Hall–Kier alpha value is -2.04. The highest BCUT2D eigenvalue weighted by atomic mass is 35.5. The zero-order valence-electron chi connectivity index (χ0n) is 15.2. The van der Waals surface area contributed by atoms with Crippen LogP contribution in [0.1, 0.15) is 38.0 Å². The van der Waals surface area contributed by atoms with Gasteiger partial charge in [-0.1, -0.05) is 37.3 Å². The molecule has 0 spiro atoms. The van der Waals surface area contributed by atoms with E-state index >= 15 is 0 Å². The van der Waals surface area contributed by atoms with Crippen LogP contribution in [0.15, 0.2) is 48.5 Å². The summed E-state index contributed by atoms with van der Waals surface area (Å²) in [5, 5.41) is 2.93. The van der Waals surface area contributed by atoms with Gasteiger partial charge in [0, 0.05) is 11.7 Å². The smallest absolute Gasteiger partial charge is 0.228 e. The molecule has 0 bridgehead atoms. The Labute approximate surface area is 156 Å². The predicted octanol–water partition coefficient (Wildman–Crippen LogP) is 4.48. The Morgan fingerprint density at radius 1 is 1.08 bits per heavy atom. The summed E-state index contributed by atoms with van der Waals surface area (Å²) in [5.41, 5.74) is 8.65. The van der Waals surface area contributed by atoms with Gasteiger partial charge in [0.1, 0.15) is 11.9 Å². The lowest BCUT2D eigenvalue weighted by Crippen LogP contribution is -2.34. The first kappa shape index (κ1) is 21.0. The van der Waals surface area contributed by atoms with Gasteiger partial charge in [-0.05, 0) is 50.1 Å². The molecule has 3 atom stereocenters. The molecule has 2 rings (SSSR count). The van der Waals surface area contributed by atoms with Crippen molar-refractivity contribution in [1.29, 1.82) is 0 Å². The predicted molar refractivity (Wildman–Crippen MR) is 105 cm³/mol. The van der Waals surface area contributed by atoms with Crippen molar-refractivity contribution in [2.45, 2.75) is 39.8 Å². The third kappa shape index (κ3) is 5.76. The lowest BCUT2D eigenvalue weighted by molar-refractivity contribution is -0.119. The molecule has 1 amide bonds. The molecule has 3 N–H and O–H groups in total. The fourth-order valence-electron chi connectivity index (χ4n) is 2.33. The summed E-state index contributed by atoms with van der Waals surface area (Å²) in [6, 6.07) is 15.6. The summed E-state index contributed by atoms with van der Waals surface area (Å²) in [5.74, 6) is 0.472. The molecule has 136 valence electrons. The van der Waals surface area contributed by atoms with E-state index in [-0.39, 0.29) is 36.4 Å². The second kappa shape index (κ2) is 9.44. The fraction of sp³-hybridized carbons (Fsp3) is 0.350. The van der Waals surface area contributed by atoms with Crippen LogP contribution >= 0.6 is 12.4 Å². The van der Waals surface area contributed by atoms with Crippen LogP contribution in [0.5, 0.6) is 5.75 Å². The van der Waals surface area contributed by atoms with Gasteiger partial charge in [-0.25, -0.2) is 0 Å². The number of nitrogens with two attached hydrogens (primary N) is 1. The minimum absolute atomic E-state index is 0. The van der Waals surface area contributed by atoms with Gasteiger partial charge >= 0.3 is 0 Å². The van der Waals surface area contributed by atoms with Crippen molar-refractivity contribution in [3.8, 4) is 5.75 Å². The molecular weight excluding hydrogens is 336 g/mol. The van der Waals surface area contributed by atoms with Gasteiger partial charge in [-0.15, -0.1) is 12.4 Å². The molecule has 0 aliphatic heterocycles. The minimum Gasteiger partial charge on any atom is -0.486 e. The molecule has 5 heteroatoms. The number of aryl methyl sites for hydroxylation is 1. The van der Waals surface area contributed by atoms with Crippen LogP contribution in [0.2, 0.25) is 0 Å². The van der Waals surface area contributed by atoms with E-state index in [1.54, 1.807) is 0 Å². The maximum Gasteiger partial charge on any atom is 0.228 e. The topological polar surface area (TPSA) is 64.3 Å². The molecule has 2 aromatic carbocycles. The quantitative estimate of drug-likeness (QED) is 0.796. The standard InChI is InChI=1S/C20H26N2O2.ClH/c1-13-12-18(24-16(4)17-8-6-5-7-9-17)10-11-19(13)22-20(23)14(2)15(3)21;/h5-12,14-16H,21H2,1-4H3,(H,22,23);1H. The third-order valence-electron chi connectivity index (χ3n) is 4.24. The highest BCUT2D eigenvalue weighted by Crippen LogP contribution is 2.26. The Balaban J connectivity index is 0.00000312. The number of benzene rings is 2. The van der Waals surface area contributed by atoms with Gasteiger partial charge < -0.3 is 15.8 Å². The van der Waals surface area contributed by atoms with Crippen LogP contribution < -0.4 is 15.8 Å². The molecule has 4 nitrogen and oxygen atoms in total. The van der Waals surface area contributed by atoms with E-state index in [9.17, 15) is 4.79 Å². The number of carbonyl (C=O) groups excluding carboxylic acids is 1. The van der Waals surface area contributed by atoms with Crippen molar-refractivity contribution in [3.05, 3.63) is 59.7 Å². The molecule has 0 aliphatic carbocycles. The number of amides is 1. The number of ether oxygens (including phenoxy) is 1. The minimum atomic E-state index is -0.238. The normalized spacial score (nSPS) is 14.0. The van der Waals surface area contributed by atoms with Gasteiger partial charge in [0.25, 0.3) is 0 Å². The third-order valence-corrected chi connectivity index (χ3v) is 4.24. The van der Waals surface area contributed by atoms with E-state index in [0.29, 0.717) is 0 Å². The van der Waals surface area contributed by atoms with Crippen molar-refractivity contribution in [3.63, 3.8) is 0 Å². The Bertz CT molecular complexity index is 689. The summed E-state index contributed by atoms with van der Waals surface area (Å²) in [6.07, 6.45) is -0.0378. The average Bonchev–Trinajstić information content (AvgIpc) is 2.57. The molecule has 3 unspecified atom stereocenters. The molecular formula is C20H27ClN2O2. The molecule has 2 aromatic rings. The number of halogens is 1. The van der Waals surface area contributed by atoms with E-state index in [2.05, 4.69) is 5.32 Å². The van der Waals surface area contributed by atoms with Gasteiger partial charge in [0.2, 0.25) is 5.91 Å². The summed E-state index contributed by atoms with van der Waals surface area (Å²) in [7, 11) is 0. The van der Waals surface area contributed by atoms with Crippen molar-refractivity contribution in [2.24, 2.45) is 11.7 Å². The van der Waals surface area contributed by atoms with Crippen LogP contribution in [-0.4, -0.2) is 11.9 Å². The SMILES string of the molecule is Cc1cc(OC(C)c2ccccc2)ccc1NC(=O)C(C)C(C)N.Cl. The van der Waals surface area contributed by atoms with Gasteiger partial charge in [-0.2, -0.15) is 0 Å². The maximum absolute atomic E-state index is 12.1. The first-order chi connectivity index (χ1) is 11.4. The van der Waals surface area contributed by atoms with Gasteiger partial charge in [0.15, 0.2) is 0 Å². The second-order valence-corrected chi connectivity index (χ2v) is 6.28. The molecule has 0 radical (unpaired) electrons. The lowest BCUT2D eigenvalue weighted by atomic mass is 10.0. The fourth-order valence-corrected chi connectivity index (χ4v) is 2.33. The van der Waals surface area contributed by atoms with Crippen molar-refractivity contribution in [1.82, 2.24) is 0 Å². The molecule has 0 aliphatic rings. The maximum atomic E-state index is 12.1. The highest BCUT2D eigenvalue weighted by molar-refractivity contribution is 5.93. The average molecular weight is 363 g/mol. The first-order valence-corrected chi connectivity index (χ1v) is 8.27. The second-order valence-electron chi connectivity index (χ2n) is 6.28. The zero-order chi connectivity index (χ0) is 17.7. The van der Waals surface area contributed by atoms with E-state index in [0.717, 1.165) is 22.6 Å². The molecule has 0 saturated carbocycles. The lowest BCUT2D eigenvalue weighted by Gasteiger charge is -2.18. The van der Waals surface area contributed by atoms with Crippen LogP contribution in [0.4, 0.5) is 5.69 Å². The molecule has 0 saturated heterocycles. The number of anilines is 1. The monoisotopic (exact) mass is 362 g/mol. The molecule has 0 fully saturated rings. The molecule has 0 aromatic heterocycles. The number of rotatable bonds is 6. The number of hydrogen-bond donors (Lipinski definition) is 2. The Morgan fingerprint density at radius 2 is 1.72 bits per heavy atom. The van der Waals surface area contributed by atoms with Crippen LogP contribution in [0, 0.1) is 12.8 Å². The van der Waals surface area contributed by atoms with Crippen LogP contribution in [0.3, 0.4) is 0 Å². The summed E-state index contributed by atoms with van der Waals surface area (Å²) >= 11 is 0. The largest absolute Gasteiger partial charge is 0.486 e. The summed E-state index contributed by atoms with van der Waals surface area (Å²) < 4.78 is 5.99. The molecule has 25 heavy (non-hydrogen) atoms. The number of hydrogen-bond acceptors (Lipinski definition) is 3. The van der Waals surface area contributed by atoms with Gasteiger partial charge in [0.05, 0.1) is 5.92 Å². The number of nitrogens with one attached hydrogen (secondary N) is 1. The summed E-state index contributed by atoms with van der Waals surface area (Å²) in [6.45, 7) is 7.63. The van der Waals surface area contributed by atoms with Crippen molar-refractivity contribution < 1.29 is 9.53 Å². The molecule has 0 heterocycles. The Morgan fingerprint density at radius 3 is 2.28 bits per heavy atom.